The number of alkyl halides is 1. The molecule has 4 nitrogen and oxygen atoms in total. The van der Waals surface area contributed by atoms with Crippen molar-refractivity contribution in [3.63, 3.8) is 0 Å². The molecule has 1 saturated heterocycles. The molecule has 0 saturated carbocycles. The quantitative estimate of drug-likeness (QED) is 0.623. The maximum atomic E-state index is 11.6. The smallest absolute Gasteiger partial charge is 0.339 e. The first-order valence-electron chi connectivity index (χ1n) is 6.42. The number of piperazine rings is 1. The summed E-state index contributed by atoms with van der Waals surface area (Å²) in [4.78, 5) is 16.3. The van der Waals surface area contributed by atoms with Gasteiger partial charge in [-0.05, 0) is 24.7 Å². The number of benzene rings is 1. The summed E-state index contributed by atoms with van der Waals surface area (Å²) in [7, 11) is 2.14. The number of hydrogen-bond donors (Lipinski definition) is 0. The van der Waals surface area contributed by atoms with Crippen molar-refractivity contribution in [1.29, 1.82) is 0 Å². The average Bonchev–Trinajstić information content (AvgIpc) is 2.42. The van der Waals surface area contributed by atoms with Gasteiger partial charge in [-0.2, -0.15) is 0 Å². The number of nitrogens with zero attached hydrogens (tertiary/aromatic N) is 2. The first kappa shape index (κ1) is 14.3. The fourth-order valence-electron chi connectivity index (χ4n) is 2.19. The van der Waals surface area contributed by atoms with E-state index in [1.54, 1.807) is 6.07 Å². The molecular formula is C14H19ClN2O2. The highest BCUT2D eigenvalue weighted by Gasteiger charge is 2.14. The van der Waals surface area contributed by atoms with Crippen LogP contribution < -0.4 is 0 Å². The Hall–Kier alpha value is -1.10. The third kappa shape index (κ3) is 4.20. The van der Waals surface area contributed by atoms with Crippen molar-refractivity contribution in [1.82, 2.24) is 9.80 Å². The van der Waals surface area contributed by atoms with E-state index < -0.39 is 0 Å². The SMILES string of the molecule is CN1CCN(Cc2cccc(C(=O)OCCl)c2)CC1. The highest BCUT2D eigenvalue weighted by atomic mass is 35.5. The van der Waals surface area contributed by atoms with Crippen LogP contribution in [-0.4, -0.2) is 55.1 Å². The molecule has 1 heterocycles. The molecule has 0 aromatic heterocycles. The highest BCUT2D eigenvalue weighted by Crippen LogP contribution is 2.11. The Morgan fingerprint density at radius 2 is 2.05 bits per heavy atom. The van der Waals surface area contributed by atoms with Gasteiger partial charge in [0.1, 0.15) is 0 Å². The van der Waals surface area contributed by atoms with Crippen LogP contribution in [0.5, 0.6) is 0 Å². The van der Waals surface area contributed by atoms with Gasteiger partial charge in [-0.3, -0.25) is 4.90 Å². The lowest BCUT2D eigenvalue weighted by Gasteiger charge is -2.32. The van der Waals surface area contributed by atoms with Crippen molar-refractivity contribution in [2.24, 2.45) is 0 Å². The van der Waals surface area contributed by atoms with E-state index in [-0.39, 0.29) is 12.0 Å². The van der Waals surface area contributed by atoms with E-state index in [1.807, 2.05) is 18.2 Å². The average molecular weight is 283 g/mol. The highest BCUT2D eigenvalue weighted by molar-refractivity contribution is 6.17. The van der Waals surface area contributed by atoms with Crippen LogP contribution in [0.3, 0.4) is 0 Å². The molecule has 2 rings (SSSR count). The summed E-state index contributed by atoms with van der Waals surface area (Å²) in [5.41, 5.74) is 1.70. The molecule has 0 unspecified atom stereocenters. The molecular weight excluding hydrogens is 264 g/mol. The first-order chi connectivity index (χ1) is 9.19. The fourth-order valence-corrected chi connectivity index (χ4v) is 2.29. The predicted octanol–water partition coefficient (Wildman–Crippen LogP) is 1.79. The second kappa shape index (κ2) is 6.89. The molecule has 19 heavy (non-hydrogen) atoms. The van der Waals surface area contributed by atoms with Gasteiger partial charge in [0.2, 0.25) is 0 Å². The van der Waals surface area contributed by atoms with Gasteiger partial charge in [-0.15, -0.1) is 0 Å². The zero-order valence-electron chi connectivity index (χ0n) is 11.1. The van der Waals surface area contributed by atoms with Crippen molar-refractivity contribution in [3.05, 3.63) is 35.4 Å². The third-order valence-corrected chi connectivity index (χ3v) is 3.46. The van der Waals surface area contributed by atoms with Gasteiger partial charge in [0.05, 0.1) is 5.56 Å². The molecule has 1 aromatic rings. The van der Waals surface area contributed by atoms with Gasteiger partial charge in [0, 0.05) is 32.7 Å². The maximum absolute atomic E-state index is 11.6. The van der Waals surface area contributed by atoms with E-state index in [1.165, 1.54) is 0 Å². The largest absolute Gasteiger partial charge is 0.446 e. The number of esters is 1. The lowest BCUT2D eigenvalue weighted by Crippen LogP contribution is -2.43. The van der Waals surface area contributed by atoms with Crippen LogP contribution in [0, 0.1) is 0 Å². The Morgan fingerprint density at radius 3 is 2.74 bits per heavy atom. The predicted molar refractivity (Wildman–Crippen MR) is 75.4 cm³/mol. The number of ether oxygens (including phenoxy) is 1. The standard InChI is InChI=1S/C14H19ClN2O2/c1-16-5-7-17(8-6-16)10-12-3-2-4-13(9-12)14(18)19-11-15/h2-4,9H,5-8,10-11H2,1H3. The van der Waals surface area contributed by atoms with Gasteiger partial charge in [-0.25, -0.2) is 4.79 Å². The van der Waals surface area contributed by atoms with Crippen LogP contribution in [0.25, 0.3) is 0 Å². The van der Waals surface area contributed by atoms with Crippen LogP contribution in [0.1, 0.15) is 15.9 Å². The summed E-state index contributed by atoms with van der Waals surface area (Å²) < 4.78 is 4.79. The van der Waals surface area contributed by atoms with E-state index in [0.717, 1.165) is 38.3 Å². The van der Waals surface area contributed by atoms with Crippen molar-refractivity contribution in [3.8, 4) is 0 Å². The molecule has 104 valence electrons. The van der Waals surface area contributed by atoms with E-state index in [0.29, 0.717) is 5.56 Å². The minimum atomic E-state index is -0.366. The summed E-state index contributed by atoms with van der Waals surface area (Å²) in [6.45, 7) is 5.18. The zero-order chi connectivity index (χ0) is 13.7. The van der Waals surface area contributed by atoms with Crippen LogP contribution in [0.15, 0.2) is 24.3 Å². The molecule has 1 aromatic carbocycles. The molecule has 0 spiro atoms. The van der Waals surface area contributed by atoms with E-state index in [2.05, 4.69) is 16.8 Å². The monoisotopic (exact) mass is 282 g/mol. The van der Waals surface area contributed by atoms with Crippen molar-refractivity contribution in [2.45, 2.75) is 6.54 Å². The Balaban J connectivity index is 1.97. The van der Waals surface area contributed by atoms with Gasteiger partial charge < -0.3 is 9.64 Å². The lowest BCUT2D eigenvalue weighted by atomic mass is 10.1. The van der Waals surface area contributed by atoms with E-state index in [4.69, 9.17) is 16.3 Å². The van der Waals surface area contributed by atoms with E-state index in [9.17, 15) is 4.79 Å². The number of likely N-dealkylation sites (N-methyl/N-ethyl adjacent to an activating group) is 1. The van der Waals surface area contributed by atoms with Crippen molar-refractivity contribution < 1.29 is 9.53 Å². The third-order valence-electron chi connectivity index (χ3n) is 3.35. The van der Waals surface area contributed by atoms with Crippen molar-refractivity contribution in [2.75, 3.05) is 39.3 Å². The Labute approximate surface area is 118 Å². The minimum Gasteiger partial charge on any atom is -0.446 e. The molecule has 0 bridgehead atoms. The number of halogens is 1. The van der Waals surface area contributed by atoms with Gasteiger partial charge >= 0.3 is 5.97 Å². The van der Waals surface area contributed by atoms with Crippen LogP contribution in [-0.2, 0) is 11.3 Å². The Morgan fingerprint density at radius 1 is 1.32 bits per heavy atom. The molecule has 0 aliphatic carbocycles. The van der Waals surface area contributed by atoms with Crippen LogP contribution >= 0.6 is 11.6 Å². The number of rotatable bonds is 4. The topological polar surface area (TPSA) is 32.8 Å². The van der Waals surface area contributed by atoms with Crippen molar-refractivity contribution >= 4 is 17.6 Å². The van der Waals surface area contributed by atoms with Gasteiger partial charge in [0.15, 0.2) is 6.07 Å². The molecule has 0 N–H and O–H groups in total. The first-order valence-corrected chi connectivity index (χ1v) is 6.95. The summed E-state index contributed by atoms with van der Waals surface area (Å²) in [5, 5.41) is 0. The lowest BCUT2D eigenvalue weighted by molar-refractivity contribution is 0.0574. The summed E-state index contributed by atoms with van der Waals surface area (Å²) in [5.74, 6) is -0.366. The second-order valence-corrected chi connectivity index (χ2v) is 5.04. The molecule has 1 fully saturated rings. The summed E-state index contributed by atoms with van der Waals surface area (Å²) in [6, 6.07) is 7.45. The van der Waals surface area contributed by atoms with Gasteiger partial charge in [0.25, 0.3) is 0 Å². The zero-order valence-corrected chi connectivity index (χ0v) is 11.9. The number of carbonyl (C=O) groups excluding carboxylic acids is 1. The molecule has 1 aliphatic rings. The molecule has 1 aliphatic heterocycles. The summed E-state index contributed by atoms with van der Waals surface area (Å²) in [6.07, 6.45) is 0. The molecule has 0 atom stereocenters. The normalized spacial score (nSPS) is 17.4. The van der Waals surface area contributed by atoms with Crippen LogP contribution in [0.4, 0.5) is 0 Å². The fraction of sp³-hybridized carbons (Fsp3) is 0.500. The van der Waals surface area contributed by atoms with Crippen LogP contribution in [0.2, 0.25) is 0 Å². The Bertz CT molecular complexity index is 431. The second-order valence-electron chi connectivity index (χ2n) is 4.82. The van der Waals surface area contributed by atoms with Gasteiger partial charge in [-0.1, -0.05) is 23.7 Å². The number of hydrogen-bond acceptors (Lipinski definition) is 4. The van der Waals surface area contributed by atoms with E-state index >= 15 is 0 Å². The maximum Gasteiger partial charge on any atom is 0.339 e. The molecule has 0 radical (unpaired) electrons. The summed E-state index contributed by atoms with van der Waals surface area (Å²) >= 11 is 5.40. The molecule has 0 amide bonds. The Kier molecular flexibility index (Phi) is 5.19. The molecule has 5 heteroatoms. The minimum absolute atomic E-state index is 0.110. The number of carbonyl (C=O) groups is 1.